The summed E-state index contributed by atoms with van der Waals surface area (Å²) >= 11 is 0. The van der Waals surface area contributed by atoms with Crippen LogP contribution in [0, 0.1) is 11.7 Å². The molecule has 43 heavy (non-hydrogen) atoms. The van der Waals surface area contributed by atoms with Crippen LogP contribution >= 0.6 is 0 Å². The highest BCUT2D eigenvalue weighted by Crippen LogP contribution is 2.34. The molecule has 1 saturated heterocycles. The molecule has 10 heteroatoms. The second-order valence-corrected chi connectivity index (χ2v) is 11.5. The third-order valence-corrected chi connectivity index (χ3v) is 8.72. The number of halogens is 4. The number of benzene rings is 2. The summed E-state index contributed by atoms with van der Waals surface area (Å²) in [5.74, 6) is -0.145. The van der Waals surface area contributed by atoms with Crippen LogP contribution in [0.25, 0.3) is 28.0 Å². The van der Waals surface area contributed by atoms with E-state index < -0.39 is 11.7 Å². The first-order valence-corrected chi connectivity index (χ1v) is 14.7. The molecule has 1 saturated carbocycles. The number of fused-ring (bicyclic) bond motifs is 1. The van der Waals surface area contributed by atoms with Gasteiger partial charge in [0.25, 0.3) is 0 Å². The number of amides is 1. The number of aromatic nitrogens is 2. The maximum atomic E-state index is 13.8. The van der Waals surface area contributed by atoms with Crippen molar-refractivity contribution in [2.24, 2.45) is 5.92 Å². The summed E-state index contributed by atoms with van der Waals surface area (Å²) < 4.78 is 61.5. The summed E-state index contributed by atoms with van der Waals surface area (Å²) in [6.07, 6.45) is 1.18. The van der Waals surface area contributed by atoms with Gasteiger partial charge in [-0.2, -0.15) is 13.2 Å². The average molecular weight is 595 g/mol. The van der Waals surface area contributed by atoms with Crippen molar-refractivity contribution < 1.29 is 27.1 Å². The van der Waals surface area contributed by atoms with E-state index in [2.05, 4.69) is 4.90 Å². The molecule has 0 radical (unpaired) electrons. The van der Waals surface area contributed by atoms with Crippen LogP contribution < -0.4 is 0 Å². The number of imidazole rings is 1. The van der Waals surface area contributed by atoms with Crippen LogP contribution in [0.5, 0.6) is 0 Å². The summed E-state index contributed by atoms with van der Waals surface area (Å²) in [5.41, 5.74) is 3.30. The first kappa shape index (κ1) is 29.3. The highest BCUT2D eigenvalue weighted by atomic mass is 19.4. The minimum atomic E-state index is -4.44. The van der Waals surface area contributed by atoms with Crippen LogP contribution in [0.4, 0.5) is 17.6 Å². The summed E-state index contributed by atoms with van der Waals surface area (Å²) in [6.45, 7) is 3.10. The maximum Gasteiger partial charge on any atom is 0.416 e. The molecule has 2 atom stereocenters. The second kappa shape index (κ2) is 12.1. The highest BCUT2D eigenvalue weighted by molar-refractivity contribution is 5.79. The van der Waals surface area contributed by atoms with Gasteiger partial charge < -0.3 is 14.0 Å². The molecule has 6 rings (SSSR count). The van der Waals surface area contributed by atoms with Gasteiger partial charge in [-0.15, -0.1) is 0 Å². The standard InChI is InChI=1S/C33H34F4N4O2/c1-43-28-7-3-5-24(19-28)32(42)40-16-14-39(15-17-40)21-29-31(22-8-11-27(34)12-9-22)38-30-13-10-25(20-41(29)30)23-4-2-6-26(18-23)33(35,36)37/h2,4,6,8-13,18,20,24,28H,3,5,7,14-17,19,21H2,1H3. The van der Waals surface area contributed by atoms with Crippen molar-refractivity contribution in [2.75, 3.05) is 33.3 Å². The van der Waals surface area contributed by atoms with Gasteiger partial charge in [-0.3, -0.25) is 9.69 Å². The number of hydrogen-bond donors (Lipinski definition) is 0. The van der Waals surface area contributed by atoms with Crippen LogP contribution in [0.15, 0.2) is 66.9 Å². The first-order valence-electron chi connectivity index (χ1n) is 14.7. The van der Waals surface area contributed by atoms with Crippen molar-refractivity contribution in [3.63, 3.8) is 0 Å². The van der Waals surface area contributed by atoms with Crippen LogP contribution in [0.1, 0.15) is 36.9 Å². The number of carbonyl (C=O) groups is 1. The Morgan fingerprint density at radius 3 is 2.42 bits per heavy atom. The van der Waals surface area contributed by atoms with Crippen molar-refractivity contribution in [3.8, 4) is 22.4 Å². The highest BCUT2D eigenvalue weighted by Gasteiger charge is 2.33. The molecule has 1 amide bonds. The molecule has 2 fully saturated rings. The predicted molar refractivity (Wildman–Crippen MR) is 156 cm³/mol. The van der Waals surface area contributed by atoms with E-state index in [1.165, 1.54) is 18.2 Å². The van der Waals surface area contributed by atoms with E-state index in [1.54, 1.807) is 37.4 Å². The Morgan fingerprint density at radius 2 is 1.70 bits per heavy atom. The zero-order valence-corrected chi connectivity index (χ0v) is 24.0. The molecule has 2 unspecified atom stereocenters. The number of hydrogen-bond acceptors (Lipinski definition) is 4. The lowest BCUT2D eigenvalue weighted by atomic mass is 9.86. The molecule has 226 valence electrons. The molecule has 0 bridgehead atoms. The Kier molecular flexibility index (Phi) is 8.24. The summed E-state index contributed by atoms with van der Waals surface area (Å²) in [5, 5.41) is 0. The van der Waals surface area contributed by atoms with E-state index in [-0.39, 0.29) is 23.7 Å². The van der Waals surface area contributed by atoms with Crippen LogP contribution in [0.3, 0.4) is 0 Å². The van der Waals surface area contributed by atoms with Crippen molar-refractivity contribution in [2.45, 2.75) is 44.5 Å². The molecule has 2 aromatic carbocycles. The molecule has 6 nitrogen and oxygen atoms in total. The Labute approximate surface area is 247 Å². The quantitative estimate of drug-likeness (QED) is 0.234. The number of methoxy groups -OCH3 is 1. The number of piperazine rings is 1. The van der Waals surface area contributed by atoms with Gasteiger partial charge in [0.05, 0.1) is 23.1 Å². The lowest BCUT2D eigenvalue weighted by Gasteiger charge is -2.38. The maximum absolute atomic E-state index is 13.8. The molecule has 2 aromatic heterocycles. The lowest BCUT2D eigenvalue weighted by Crippen LogP contribution is -2.50. The molecule has 0 spiro atoms. The summed E-state index contributed by atoms with van der Waals surface area (Å²) in [4.78, 5) is 22.3. The Morgan fingerprint density at radius 1 is 0.953 bits per heavy atom. The smallest absolute Gasteiger partial charge is 0.381 e. The van der Waals surface area contributed by atoms with Crippen molar-refractivity contribution in [1.29, 1.82) is 0 Å². The number of alkyl halides is 3. The largest absolute Gasteiger partial charge is 0.416 e. The van der Waals surface area contributed by atoms with E-state index in [1.807, 2.05) is 15.5 Å². The Balaban J connectivity index is 1.27. The minimum Gasteiger partial charge on any atom is -0.381 e. The second-order valence-electron chi connectivity index (χ2n) is 11.5. The van der Waals surface area contributed by atoms with E-state index in [0.29, 0.717) is 55.2 Å². The van der Waals surface area contributed by atoms with Gasteiger partial charge >= 0.3 is 6.18 Å². The zero-order valence-electron chi connectivity index (χ0n) is 24.0. The normalized spacial score (nSPS) is 20.1. The number of nitrogens with zero attached hydrogens (tertiary/aromatic N) is 4. The molecule has 1 aliphatic heterocycles. The van der Waals surface area contributed by atoms with Gasteiger partial charge in [0, 0.05) is 57.5 Å². The van der Waals surface area contributed by atoms with E-state index in [0.717, 1.165) is 49.1 Å². The zero-order chi connectivity index (χ0) is 30.1. The van der Waals surface area contributed by atoms with Crippen molar-refractivity contribution in [1.82, 2.24) is 19.2 Å². The Hall–Kier alpha value is -3.76. The van der Waals surface area contributed by atoms with Gasteiger partial charge in [0.15, 0.2) is 0 Å². The molecule has 4 aromatic rings. The first-order chi connectivity index (χ1) is 20.7. The van der Waals surface area contributed by atoms with E-state index in [4.69, 9.17) is 9.72 Å². The van der Waals surface area contributed by atoms with Gasteiger partial charge in [-0.25, -0.2) is 9.37 Å². The Bertz CT molecular complexity index is 1590. The van der Waals surface area contributed by atoms with Gasteiger partial charge in [0.2, 0.25) is 5.91 Å². The summed E-state index contributed by atoms with van der Waals surface area (Å²) in [6, 6.07) is 15.0. The third kappa shape index (κ3) is 6.31. The predicted octanol–water partition coefficient (Wildman–Crippen LogP) is 6.68. The number of carbonyl (C=O) groups excluding carboxylic acids is 1. The molecular formula is C33H34F4N4O2. The lowest BCUT2D eigenvalue weighted by molar-refractivity contribution is -0.140. The number of ether oxygens (including phenoxy) is 1. The fourth-order valence-corrected chi connectivity index (χ4v) is 6.31. The molecule has 0 N–H and O–H groups in total. The summed E-state index contributed by atoms with van der Waals surface area (Å²) in [7, 11) is 1.71. The monoisotopic (exact) mass is 594 g/mol. The third-order valence-electron chi connectivity index (χ3n) is 8.72. The van der Waals surface area contributed by atoms with Crippen molar-refractivity contribution >= 4 is 11.6 Å². The van der Waals surface area contributed by atoms with E-state index >= 15 is 0 Å². The fourth-order valence-electron chi connectivity index (χ4n) is 6.31. The molecule has 1 aliphatic carbocycles. The number of pyridine rings is 1. The molecular weight excluding hydrogens is 560 g/mol. The molecule has 2 aliphatic rings. The fraction of sp³-hybridized carbons (Fsp3) is 0.394. The van der Waals surface area contributed by atoms with E-state index in [9.17, 15) is 22.4 Å². The molecule has 3 heterocycles. The van der Waals surface area contributed by atoms with Gasteiger partial charge in [-0.05, 0) is 78.9 Å². The van der Waals surface area contributed by atoms with Gasteiger partial charge in [-0.1, -0.05) is 18.6 Å². The van der Waals surface area contributed by atoms with Crippen LogP contribution in [-0.2, 0) is 22.3 Å². The average Bonchev–Trinajstić information content (AvgIpc) is 3.38. The topological polar surface area (TPSA) is 50.1 Å². The number of rotatable bonds is 6. The minimum absolute atomic E-state index is 0.00312. The SMILES string of the molecule is COC1CCCC(C(=O)N2CCN(Cc3c(-c4ccc(F)cc4)nc4ccc(-c5cccc(C(F)(F)F)c5)cn34)CC2)C1. The van der Waals surface area contributed by atoms with Gasteiger partial charge in [0.1, 0.15) is 11.5 Å². The van der Waals surface area contributed by atoms with Crippen LogP contribution in [-0.4, -0.2) is 64.5 Å². The van der Waals surface area contributed by atoms with Crippen molar-refractivity contribution in [3.05, 3.63) is 83.9 Å². The van der Waals surface area contributed by atoms with Crippen LogP contribution in [0.2, 0.25) is 0 Å².